The van der Waals surface area contributed by atoms with Crippen LogP contribution in [-0.2, 0) is 46.4 Å². The largest absolute Gasteiger partial charge is 0.469 e. The van der Waals surface area contributed by atoms with Crippen LogP contribution in [0.5, 0.6) is 0 Å². The number of piperidine rings is 1. The number of anilines is 3. The number of morpholine rings is 1. The van der Waals surface area contributed by atoms with Gasteiger partial charge in [-0.1, -0.05) is 5.21 Å². The summed E-state index contributed by atoms with van der Waals surface area (Å²) in [6.07, 6.45) is 6.62. The number of ether oxygens (including phenoxy) is 4. The van der Waals surface area contributed by atoms with Gasteiger partial charge in [-0.25, -0.2) is 0 Å². The summed E-state index contributed by atoms with van der Waals surface area (Å²) >= 11 is 0. The second-order valence-electron chi connectivity index (χ2n) is 11.5. The highest BCUT2D eigenvalue weighted by molar-refractivity contribution is 5.76. The molecule has 0 aliphatic carbocycles. The summed E-state index contributed by atoms with van der Waals surface area (Å²) in [5.74, 6) is 1.68. The second kappa shape index (κ2) is 19.6. The Morgan fingerprint density at radius 3 is 2.53 bits per heavy atom. The minimum absolute atomic E-state index is 0.135. The highest BCUT2D eigenvalue weighted by Crippen LogP contribution is 2.23. The number of hydrogen-bond acceptors (Lipinski definition) is 14. The molecule has 4 heterocycles. The number of unbranched alkanes of at least 4 members (excludes halogenated alkanes) is 1. The normalized spacial score (nSPS) is 15.4. The number of carbonyl (C=O) groups is 3. The predicted molar refractivity (Wildman–Crippen MR) is 173 cm³/mol. The molecule has 260 valence electrons. The Kier molecular flexibility index (Phi) is 14.9. The lowest BCUT2D eigenvalue weighted by Gasteiger charge is -2.33. The number of carbonyl (C=O) groups excluding carboxylic acids is 3. The molecule has 4 rings (SSSR count). The van der Waals surface area contributed by atoms with Crippen LogP contribution >= 0.6 is 0 Å². The first-order valence-electron chi connectivity index (χ1n) is 16.6. The summed E-state index contributed by atoms with van der Waals surface area (Å²) in [7, 11) is 1.36. The third-order valence-corrected chi connectivity index (χ3v) is 7.94. The molecule has 0 radical (unpaired) electrons. The molecule has 2 saturated heterocycles. The van der Waals surface area contributed by atoms with Gasteiger partial charge in [0.05, 0.1) is 52.7 Å². The standard InChI is InChI=1S/C31H49N9O7/c1-3-47-30(43)8-5-4-7-28(41)39-13-9-24(10-14-39)33-26-21-27(38-15-19-46-20-16-38)35-31(34-26)32-22-25-23-40(37-36-25)12-6-17-45-18-11-29(42)44-2/h21,23-24H,3-20,22H2,1-2H3,(H2,32,33,34,35). The summed E-state index contributed by atoms with van der Waals surface area (Å²) in [5.41, 5.74) is 0.754. The van der Waals surface area contributed by atoms with Gasteiger partial charge in [-0.2, -0.15) is 9.97 Å². The van der Waals surface area contributed by atoms with Crippen molar-refractivity contribution in [3.63, 3.8) is 0 Å². The third kappa shape index (κ3) is 12.6. The van der Waals surface area contributed by atoms with Gasteiger partial charge in [-0.15, -0.1) is 5.10 Å². The molecule has 2 aliphatic rings. The number of nitrogens with one attached hydrogen (secondary N) is 2. The smallest absolute Gasteiger partial charge is 0.307 e. The molecular formula is C31H49N9O7. The first-order valence-corrected chi connectivity index (χ1v) is 16.6. The van der Waals surface area contributed by atoms with E-state index in [0.29, 0.717) is 90.8 Å². The molecular weight excluding hydrogens is 610 g/mol. The molecule has 2 aliphatic heterocycles. The van der Waals surface area contributed by atoms with E-state index in [2.05, 4.69) is 30.6 Å². The van der Waals surface area contributed by atoms with Crippen molar-refractivity contribution >= 4 is 35.4 Å². The monoisotopic (exact) mass is 659 g/mol. The van der Waals surface area contributed by atoms with Gasteiger partial charge in [-0.05, 0) is 39.0 Å². The molecule has 16 nitrogen and oxygen atoms in total. The number of nitrogens with zero attached hydrogens (tertiary/aromatic N) is 7. The number of rotatable bonds is 19. The number of amides is 1. The van der Waals surface area contributed by atoms with Crippen LogP contribution in [0, 0.1) is 0 Å². The SMILES string of the molecule is CCOC(=O)CCCCC(=O)N1CCC(Nc2cc(N3CCOCC3)nc(NCc3cn(CCCOCCC(=O)OC)nn3)n2)CC1. The van der Waals surface area contributed by atoms with E-state index >= 15 is 0 Å². The zero-order valence-corrected chi connectivity index (χ0v) is 27.7. The summed E-state index contributed by atoms with van der Waals surface area (Å²) in [6, 6.07) is 2.15. The van der Waals surface area contributed by atoms with Crippen molar-refractivity contribution in [2.24, 2.45) is 0 Å². The van der Waals surface area contributed by atoms with Crippen LogP contribution in [0.4, 0.5) is 17.6 Å². The van der Waals surface area contributed by atoms with Crippen molar-refractivity contribution in [1.29, 1.82) is 0 Å². The lowest BCUT2D eigenvalue weighted by Crippen LogP contribution is -2.42. The summed E-state index contributed by atoms with van der Waals surface area (Å²) in [4.78, 5) is 49.1. The van der Waals surface area contributed by atoms with E-state index in [4.69, 9.17) is 24.2 Å². The lowest BCUT2D eigenvalue weighted by atomic mass is 10.0. The maximum absolute atomic E-state index is 12.7. The zero-order chi connectivity index (χ0) is 33.3. The van der Waals surface area contributed by atoms with E-state index < -0.39 is 0 Å². The van der Waals surface area contributed by atoms with Gasteiger partial charge in [-0.3, -0.25) is 19.1 Å². The molecule has 47 heavy (non-hydrogen) atoms. The van der Waals surface area contributed by atoms with E-state index in [1.807, 2.05) is 17.2 Å². The van der Waals surface area contributed by atoms with Crippen molar-refractivity contribution in [1.82, 2.24) is 29.9 Å². The molecule has 2 N–H and O–H groups in total. The van der Waals surface area contributed by atoms with E-state index in [1.54, 1.807) is 11.6 Å². The van der Waals surface area contributed by atoms with Gasteiger partial charge in [0.2, 0.25) is 11.9 Å². The lowest BCUT2D eigenvalue weighted by molar-refractivity contribution is -0.143. The van der Waals surface area contributed by atoms with Crippen molar-refractivity contribution in [3.8, 4) is 0 Å². The van der Waals surface area contributed by atoms with Crippen LogP contribution in [0.2, 0.25) is 0 Å². The van der Waals surface area contributed by atoms with Crippen LogP contribution in [0.25, 0.3) is 0 Å². The van der Waals surface area contributed by atoms with Crippen LogP contribution in [-0.4, -0.2) is 120 Å². The number of methoxy groups -OCH3 is 1. The molecule has 0 bridgehead atoms. The minimum Gasteiger partial charge on any atom is -0.469 e. The van der Waals surface area contributed by atoms with E-state index in [0.717, 1.165) is 49.7 Å². The van der Waals surface area contributed by atoms with E-state index in [1.165, 1.54) is 7.11 Å². The van der Waals surface area contributed by atoms with Crippen molar-refractivity contribution < 1.29 is 33.3 Å². The highest BCUT2D eigenvalue weighted by Gasteiger charge is 2.24. The first-order chi connectivity index (χ1) is 22.9. The maximum Gasteiger partial charge on any atom is 0.307 e. The molecule has 16 heteroatoms. The highest BCUT2D eigenvalue weighted by atomic mass is 16.5. The Bertz CT molecular complexity index is 1260. The Labute approximate surface area is 275 Å². The summed E-state index contributed by atoms with van der Waals surface area (Å²) in [6.45, 7) is 8.20. The van der Waals surface area contributed by atoms with Crippen LogP contribution in [0.3, 0.4) is 0 Å². The van der Waals surface area contributed by atoms with Crippen molar-refractivity contribution in [2.45, 2.75) is 77.4 Å². The Morgan fingerprint density at radius 1 is 0.979 bits per heavy atom. The number of esters is 2. The fraction of sp³-hybridized carbons (Fsp3) is 0.710. The molecule has 0 aromatic carbocycles. The molecule has 1 amide bonds. The van der Waals surface area contributed by atoms with Gasteiger partial charge < -0.3 is 39.4 Å². The van der Waals surface area contributed by atoms with Crippen LogP contribution < -0.4 is 15.5 Å². The molecule has 2 aromatic rings. The predicted octanol–water partition coefficient (Wildman–Crippen LogP) is 2.01. The Hall–Kier alpha value is -4.05. The average molecular weight is 660 g/mol. The topological polar surface area (TPSA) is 175 Å². The third-order valence-electron chi connectivity index (χ3n) is 7.94. The fourth-order valence-corrected chi connectivity index (χ4v) is 5.35. The van der Waals surface area contributed by atoms with Gasteiger partial charge in [0, 0.05) is 64.3 Å². The second-order valence-corrected chi connectivity index (χ2v) is 11.5. The van der Waals surface area contributed by atoms with E-state index in [-0.39, 0.29) is 30.3 Å². The van der Waals surface area contributed by atoms with Crippen molar-refractivity contribution in [2.75, 3.05) is 81.9 Å². The quantitative estimate of drug-likeness (QED) is 0.165. The van der Waals surface area contributed by atoms with Gasteiger partial charge in [0.15, 0.2) is 0 Å². The molecule has 2 fully saturated rings. The Morgan fingerprint density at radius 2 is 1.77 bits per heavy atom. The number of aromatic nitrogens is 5. The average Bonchev–Trinajstić information content (AvgIpc) is 3.55. The summed E-state index contributed by atoms with van der Waals surface area (Å²) < 4.78 is 22.3. The minimum atomic E-state index is -0.285. The van der Waals surface area contributed by atoms with Crippen LogP contribution in [0.1, 0.15) is 64.0 Å². The van der Waals surface area contributed by atoms with Gasteiger partial charge >= 0.3 is 11.9 Å². The molecule has 2 aromatic heterocycles. The molecule has 0 saturated carbocycles. The van der Waals surface area contributed by atoms with E-state index in [9.17, 15) is 14.4 Å². The molecule has 0 atom stereocenters. The van der Waals surface area contributed by atoms with Gasteiger partial charge in [0.25, 0.3) is 0 Å². The maximum atomic E-state index is 12.7. The first kappa shape index (κ1) is 35.8. The van der Waals surface area contributed by atoms with Crippen LogP contribution in [0.15, 0.2) is 12.3 Å². The number of likely N-dealkylation sites (tertiary alicyclic amines) is 1. The molecule has 0 unspecified atom stereocenters. The van der Waals surface area contributed by atoms with Gasteiger partial charge in [0.1, 0.15) is 17.3 Å². The number of hydrogen-bond donors (Lipinski definition) is 2. The zero-order valence-electron chi connectivity index (χ0n) is 27.7. The fourth-order valence-electron chi connectivity index (χ4n) is 5.35. The van der Waals surface area contributed by atoms with Crippen molar-refractivity contribution in [3.05, 3.63) is 18.0 Å². The summed E-state index contributed by atoms with van der Waals surface area (Å²) in [5, 5.41) is 15.4. The molecule has 0 spiro atoms. The number of aryl methyl sites for hydroxylation is 1. The Balaban J connectivity index is 1.25.